The molecule has 0 saturated carbocycles. The van der Waals surface area contributed by atoms with Crippen LogP contribution < -0.4 is 4.90 Å². The van der Waals surface area contributed by atoms with Gasteiger partial charge in [-0.15, -0.1) is 11.3 Å². The van der Waals surface area contributed by atoms with Gasteiger partial charge < -0.3 is 4.74 Å². The van der Waals surface area contributed by atoms with Crippen molar-refractivity contribution in [2.24, 2.45) is 0 Å². The van der Waals surface area contributed by atoms with Gasteiger partial charge in [0.2, 0.25) is 5.91 Å². The van der Waals surface area contributed by atoms with E-state index < -0.39 is 11.8 Å². The predicted molar refractivity (Wildman–Crippen MR) is 126 cm³/mol. The Morgan fingerprint density at radius 2 is 1.88 bits per heavy atom. The van der Waals surface area contributed by atoms with Crippen LogP contribution in [0.15, 0.2) is 71.3 Å². The molecule has 0 bridgehead atoms. The summed E-state index contributed by atoms with van der Waals surface area (Å²) in [6, 6.07) is 15.4. The van der Waals surface area contributed by atoms with Crippen molar-refractivity contribution in [2.45, 2.75) is 18.7 Å². The highest BCUT2D eigenvalue weighted by molar-refractivity contribution is 7.98. The van der Waals surface area contributed by atoms with Crippen LogP contribution in [0.4, 0.5) is 15.2 Å². The number of rotatable bonds is 7. The maximum absolute atomic E-state index is 14.2. The number of imidazole rings is 1. The van der Waals surface area contributed by atoms with Crippen molar-refractivity contribution in [1.29, 1.82) is 0 Å². The lowest BCUT2D eigenvalue weighted by Crippen LogP contribution is -2.23. The van der Waals surface area contributed by atoms with Crippen LogP contribution in [0.5, 0.6) is 0 Å². The number of thioether (sulfide) groups is 1. The van der Waals surface area contributed by atoms with E-state index in [0.717, 1.165) is 17.0 Å². The lowest BCUT2D eigenvalue weighted by atomic mass is 10.3. The van der Waals surface area contributed by atoms with Crippen LogP contribution >= 0.6 is 23.1 Å². The van der Waals surface area contributed by atoms with E-state index in [1.807, 2.05) is 36.6 Å². The molecule has 0 N–H and O–H groups in total. The molecule has 0 radical (unpaired) electrons. The number of ether oxygens (including phenoxy) is 1. The van der Waals surface area contributed by atoms with E-state index in [9.17, 15) is 14.0 Å². The van der Waals surface area contributed by atoms with Crippen molar-refractivity contribution in [2.75, 3.05) is 11.2 Å². The molecule has 33 heavy (non-hydrogen) atoms. The van der Waals surface area contributed by atoms with Gasteiger partial charge in [0, 0.05) is 18.0 Å². The molecule has 0 aliphatic carbocycles. The molecule has 0 atom stereocenters. The van der Waals surface area contributed by atoms with E-state index in [1.54, 1.807) is 22.1 Å². The first-order chi connectivity index (χ1) is 16.0. The second-order valence-electron chi connectivity index (χ2n) is 6.80. The molecule has 2 heterocycles. The van der Waals surface area contributed by atoms with Crippen LogP contribution in [-0.4, -0.2) is 32.7 Å². The number of carbonyl (C=O) groups excluding carboxylic acids is 2. The van der Waals surface area contributed by atoms with E-state index in [2.05, 4.69) is 9.97 Å². The molecule has 1 amide bonds. The summed E-state index contributed by atoms with van der Waals surface area (Å²) in [5.41, 5.74) is 1.64. The molecular weight excluding hydrogens is 463 g/mol. The number of hydrogen-bond acceptors (Lipinski definition) is 7. The summed E-state index contributed by atoms with van der Waals surface area (Å²) in [7, 11) is 0. The molecule has 10 heteroatoms. The zero-order valence-electron chi connectivity index (χ0n) is 17.8. The minimum Gasteiger partial charge on any atom is -0.454 e. The van der Waals surface area contributed by atoms with E-state index in [4.69, 9.17) is 4.74 Å². The summed E-state index contributed by atoms with van der Waals surface area (Å²) < 4.78 is 21.5. The highest BCUT2D eigenvalue weighted by Crippen LogP contribution is 2.31. The highest BCUT2D eigenvalue weighted by atomic mass is 32.2. The molecule has 0 unspecified atom stereocenters. The quantitative estimate of drug-likeness (QED) is 0.265. The summed E-state index contributed by atoms with van der Waals surface area (Å²) in [4.78, 5) is 34.9. The number of hydrogen-bond donors (Lipinski definition) is 0. The summed E-state index contributed by atoms with van der Waals surface area (Å²) in [5, 5.41) is 2.62. The molecule has 4 aromatic rings. The average Bonchev–Trinajstić information content (AvgIpc) is 3.46. The zero-order chi connectivity index (χ0) is 23.4. The van der Waals surface area contributed by atoms with Gasteiger partial charge >= 0.3 is 5.97 Å². The van der Waals surface area contributed by atoms with E-state index in [0.29, 0.717) is 10.9 Å². The lowest BCUT2D eigenvalue weighted by Gasteiger charge is -2.18. The monoisotopic (exact) mass is 482 g/mol. The first-order valence-corrected chi connectivity index (χ1v) is 11.9. The molecule has 0 spiro atoms. The van der Waals surface area contributed by atoms with Crippen molar-refractivity contribution in [3.63, 3.8) is 0 Å². The van der Waals surface area contributed by atoms with E-state index in [-0.39, 0.29) is 29.0 Å². The fourth-order valence-corrected chi connectivity index (χ4v) is 4.58. The number of thiazole rings is 1. The molecule has 2 aromatic heterocycles. The molecule has 2 aromatic carbocycles. The van der Waals surface area contributed by atoms with Crippen LogP contribution in [0, 0.1) is 5.82 Å². The summed E-state index contributed by atoms with van der Waals surface area (Å²) >= 11 is 2.58. The molecule has 0 saturated heterocycles. The van der Waals surface area contributed by atoms with Crippen LogP contribution in [0.3, 0.4) is 0 Å². The maximum Gasteiger partial charge on any atom is 0.357 e. The van der Waals surface area contributed by atoms with Gasteiger partial charge in [0.15, 0.2) is 16.0 Å². The number of anilines is 2. The first-order valence-electron chi connectivity index (χ1n) is 9.83. The number of carbonyl (C=O) groups is 2. The number of nitrogens with zero attached hydrogens (tertiary/aromatic N) is 4. The molecular formula is C23H19FN4O3S2. The van der Waals surface area contributed by atoms with Crippen molar-refractivity contribution >= 4 is 45.8 Å². The van der Waals surface area contributed by atoms with Crippen molar-refractivity contribution in [3.8, 4) is 5.69 Å². The summed E-state index contributed by atoms with van der Waals surface area (Å²) in [6.07, 6.45) is 3.35. The smallest absolute Gasteiger partial charge is 0.357 e. The van der Waals surface area contributed by atoms with Gasteiger partial charge in [0.25, 0.3) is 0 Å². The van der Waals surface area contributed by atoms with Gasteiger partial charge in [0.1, 0.15) is 12.4 Å². The minimum atomic E-state index is -0.557. The Labute approximate surface area is 197 Å². The Kier molecular flexibility index (Phi) is 6.85. The number of amides is 1. The van der Waals surface area contributed by atoms with Gasteiger partial charge in [-0.1, -0.05) is 42.1 Å². The molecule has 4 rings (SSSR count). The van der Waals surface area contributed by atoms with Crippen molar-refractivity contribution in [1.82, 2.24) is 14.5 Å². The summed E-state index contributed by atoms with van der Waals surface area (Å²) in [5.74, 6) is -1.47. The van der Waals surface area contributed by atoms with Gasteiger partial charge in [-0.05, 0) is 30.5 Å². The molecule has 0 fully saturated rings. The average molecular weight is 483 g/mol. The third kappa shape index (κ3) is 4.81. The molecule has 168 valence electrons. The minimum absolute atomic E-state index is 0.104. The number of benzene rings is 2. The first kappa shape index (κ1) is 22.7. The number of aromatic nitrogens is 3. The highest BCUT2D eigenvalue weighted by Gasteiger charge is 2.22. The standard InChI is InChI=1S/C23H19FN4O3S2/c1-15(29)27(19-11-7-6-10-18(19)24)23-26-16(14-33-23)13-31-21(30)20-12-25-22(32-2)28(20)17-8-4-3-5-9-17/h3-12,14H,13H2,1-2H3. The topological polar surface area (TPSA) is 77.3 Å². The van der Waals surface area contributed by atoms with Crippen molar-refractivity contribution in [3.05, 3.63) is 83.4 Å². The zero-order valence-corrected chi connectivity index (χ0v) is 19.4. The fourth-order valence-electron chi connectivity index (χ4n) is 3.17. The predicted octanol–water partition coefficient (Wildman–Crippen LogP) is 5.23. The molecule has 0 aliphatic rings. The Morgan fingerprint density at radius 3 is 2.58 bits per heavy atom. The van der Waals surface area contributed by atoms with Crippen LogP contribution in [-0.2, 0) is 16.1 Å². The SMILES string of the molecule is CSc1ncc(C(=O)OCc2csc(N(C(C)=O)c3ccccc3F)n2)n1-c1ccccc1. The van der Waals surface area contributed by atoms with Gasteiger partial charge in [-0.25, -0.2) is 19.2 Å². The maximum atomic E-state index is 14.2. The van der Waals surface area contributed by atoms with E-state index >= 15 is 0 Å². The Bertz CT molecular complexity index is 1290. The number of para-hydroxylation sites is 2. The Balaban J connectivity index is 1.53. The largest absolute Gasteiger partial charge is 0.454 e. The Morgan fingerprint density at radius 1 is 1.15 bits per heavy atom. The van der Waals surface area contributed by atoms with Gasteiger partial charge in [-0.3, -0.25) is 14.3 Å². The third-order valence-electron chi connectivity index (χ3n) is 4.63. The second-order valence-corrected chi connectivity index (χ2v) is 8.41. The number of halogens is 1. The van der Waals surface area contributed by atoms with E-state index in [1.165, 1.54) is 41.9 Å². The molecule has 0 aliphatic heterocycles. The van der Waals surface area contributed by atoms with Crippen molar-refractivity contribution < 1.29 is 18.7 Å². The fraction of sp³-hybridized carbons (Fsp3) is 0.130. The molecule has 7 nitrogen and oxygen atoms in total. The van der Waals surface area contributed by atoms with Crippen LogP contribution in [0.25, 0.3) is 5.69 Å². The van der Waals surface area contributed by atoms with Crippen LogP contribution in [0.1, 0.15) is 23.1 Å². The van der Waals surface area contributed by atoms with Gasteiger partial charge in [-0.2, -0.15) is 0 Å². The third-order valence-corrected chi connectivity index (χ3v) is 6.15. The van der Waals surface area contributed by atoms with Gasteiger partial charge in [0.05, 0.1) is 17.6 Å². The lowest BCUT2D eigenvalue weighted by molar-refractivity contribution is -0.115. The number of esters is 1. The van der Waals surface area contributed by atoms with Crippen LogP contribution in [0.2, 0.25) is 0 Å². The normalized spacial score (nSPS) is 10.8. The Hall–Kier alpha value is -3.50. The summed E-state index contributed by atoms with van der Waals surface area (Å²) in [6.45, 7) is 1.23. The second kappa shape index (κ2) is 9.97.